The molecule has 1 aromatic carbocycles. The summed E-state index contributed by atoms with van der Waals surface area (Å²) in [6.07, 6.45) is 1.13. The van der Waals surface area contributed by atoms with Crippen molar-refractivity contribution in [1.29, 1.82) is 0 Å². The smallest absolute Gasteiger partial charge is 0.240 e. The molecular formula is C13H18N2O3S. The van der Waals surface area contributed by atoms with Crippen molar-refractivity contribution in [3.63, 3.8) is 0 Å². The van der Waals surface area contributed by atoms with E-state index in [0.29, 0.717) is 38.3 Å². The Morgan fingerprint density at radius 3 is 2.26 bits per heavy atom. The zero-order valence-corrected chi connectivity index (χ0v) is 11.7. The third-order valence-corrected chi connectivity index (χ3v) is 4.73. The molecule has 1 aromatic rings. The van der Waals surface area contributed by atoms with E-state index < -0.39 is 10.0 Å². The van der Waals surface area contributed by atoms with Crippen molar-refractivity contribution in [2.24, 2.45) is 0 Å². The van der Waals surface area contributed by atoms with Gasteiger partial charge in [-0.25, -0.2) is 13.1 Å². The summed E-state index contributed by atoms with van der Waals surface area (Å²) in [6.45, 7) is 3.53. The Morgan fingerprint density at radius 1 is 1.16 bits per heavy atom. The number of ketones is 1. The second kappa shape index (κ2) is 5.71. The minimum absolute atomic E-state index is 0.270. The van der Waals surface area contributed by atoms with Gasteiger partial charge in [-0.15, -0.1) is 0 Å². The van der Waals surface area contributed by atoms with E-state index in [2.05, 4.69) is 9.62 Å². The molecule has 1 aliphatic rings. The molecule has 0 radical (unpaired) electrons. The predicted molar refractivity (Wildman–Crippen MR) is 73.8 cm³/mol. The monoisotopic (exact) mass is 282 g/mol. The fraction of sp³-hybridized carbons (Fsp3) is 0.462. The molecule has 0 atom stereocenters. The van der Waals surface area contributed by atoms with Crippen molar-refractivity contribution >= 4 is 21.5 Å². The van der Waals surface area contributed by atoms with E-state index in [9.17, 15) is 13.2 Å². The van der Waals surface area contributed by atoms with Crippen LogP contribution in [-0.4, -0.2) is 33.8 Å². The fourth-order valence-electron chi connectivity index (χ4n) is 2.12. The second-order valence-electron chi connectivity index (χ2n) is 4.52. The van der Waals surface area contributed by atoms with Crippen LogP contribution in [0.3, 0.4) is 0 Å². The number of piperidine rings is 1. The third kappa shape index (κ3) is 3.33. The maximum atomic E-state index is 11.8. The van der Waals surface area contributed by atoms with Gasteiger partial charge in [-0.1, -0.05) is 6.92 Å². The molecule has 1 heterocycles. The largest absolute Gasteiger partial charge is 0.371 e. The van der Waals surface area contributed by atoms with E-state index in [-0.39, 0.29) is 4.90 Å². The Balaban J connectivity index is 2.12. The molecule has 104 valence electrons. The van der Waals surface area contributed by atoms with E-state index in [1.54, 1.807) is 31.2 Å². The first-order valence-corrected chi connectivity index (χ1v) is 7.87. The Kier molecular flexibility index (Phi) is 4.21. The lowest BCUT2D eigenvalue weighted by Gasteiger charge is -2.28. The van der Waals surface area contributed by atoms with Crippen molar-refractivity contribution in [1.82, 2.24) is 4.72 Å². The van der Waals surface area contributed by atoms with Gasteiger partial charge in [0.15, 0.2) is 0 Å². The van der Waals surface area contributed by atoms with Gasteiger partial charge >= 0.3 is 0 Å². The van der Waals surface area contributed by atoms with Crippen LogP contribution in [0.1, 0.15) is 19.8 Å². The topological polar surface area (TPSA) is 66.5 Å². The first-order chi connectivity index (χ1) is 9.03. The van der Waals surface area contributed by atoms with Crippen LogP contribution in [-0.2, 0) is 14.8 Å². The van der Waals surface area contributed by atoms with E-state index >= 15 is 0 Å². The highest BCUT2D eigenvalue weighted by Gasteiger charge is 2.17. The SMILES string of the molecule is CCNS(=O)(=O)c1ccc(N2CCC(=O)CC2)cc1. The minimum atomic E-state index is -3.39. The summed E-state index contributed by atoms with van der Waals surface area (Å²) in [7, 11) is -3.39. The van der Waals surface area contributed by atoms with Crippen molar-refractivity contribution in [2.45, 2.75) is 24.7 Å². The number of nitrogens with one attached hydrogen (secondary N) is 1. The highest BCUT2D eigenvalue weighted by molar-refractivity contribution is 7.89. The molecule has 0 saturated carbocycles. The number of rotatable bonds is 4. The standard InChI is InChI=1S/C13H18N2O3S/c1-2-14-19(17,18)13-5-3-11(4-6-13)15-9-7-12(16)8-10-15/h3-6,14H,2,7-10H2,1H3. The lowest BCUT2D eigenvalue weighted by molar-refractivity contribution is -0.119. The Labute approximate surface area is 113 Å². The molecule has 1 fully saturated rings. The van der Waals surface area contributed by atoms with E-state index in [0.717, 1.165) is 5.69 Å². The van der Waals surface area contributed by atoms with E-state index in [4.69, 9.17) is 0 Å². The van der Waals surface area contributed by atoms with Crippen LogP contribution >= 0.6 is 0 Å². The highest BCUT2D eigenvalue weighted by atomic mass is 32.2. The van der Waals surface area contributed by atoms with Crippen molar-refractivity contribution in [2.75, 3.05) is 24.5 Å². The minimum Gasteiger partial charge on any atom is -0.371 e. The average molecular weight is 282 g/mol. The number of hydrogen-bond acceptors (Lipinski definition) is 4. The van der Waals surface area contributed by atoms with Crippen LogP contribution in [0.25, 0.3) is 0 Å². The lowest BCUT2D eigenvalue weighted by Crippen LogP contribution is -2.33. The summed E-state index contributed by atoms with van der Waals surface area (Å²) in [6, 6.07) is 6.79. The van der Waals surface area contributed by atoms with Gasteiger partial charge in [0.25, 0.3) is 0 Å². The number of benzene rings is 1. The van der Waals surface area contributed by atoms with Crippen LogP contribution in [0, 0.1) is 0 Å². The number of anilines is 1. The fourth-order valence-corrected chi connectivity index (χ4v) is 3.16. The van der Waals surface area contributed by atoms with Gasteiger partial charge in [-0.3, -0.25) is 4.79 Å². The molecule has 1 saturated heterocycles. The van der Waals surface area contributed by atoms with Gasteiger partial charge in [0.05, 0.1) is 4.90 Å². The highest BCUT2D eigenvalue weighted by Crippen LogP contribution is 2.20. The normalized spacial score (nSPS) is 16.7. The Morgan fingerprint density at radius 2 is 1.74 bits per heavy atom. The molecule has 0 amide bonds. The van der Waals surface area contributed by atoms with Crippen LogP contribution in [0.4, 0.5) is 5.69 Å². The van der Waals surface area contributed by atoms with E-state index in [1.807, 2.05) is 0 Å². The Bertz CT molecular complexity index is 542. The molecule has 2 rings (SSSR count). The maximum Gasteiger partial charge on any atom is 0.240 e. The quantitative estimate of drug-likeness (QED) is 0.899. The molecule has 1 aliphatic heterocycles. The number of carbonyl (C=O) groups is 1. The lowest BCUT2D eigenvalue weighted by atomic mass is 10.1. The molecule has 0 bridgehead atoms. The van der Waals surface area contributed by atoms with Crippen molar-refractivity contribution < 1.29 is 13.2 Å². The zero-order valence-electron chi connectivity index (χ0n) is 10.9. The molecule has 19 heavy (non-hydrogen) atoms. The van der Waals surface area contributed by atoms with Crippen LogP contribution < -0.4 is 9.62 Å². The molecule has 1 N–H and O–H groups in total. The number of sulfonamides is 1. The van der Waals surface area contributed by atoms with Crippen molar-refractivity contribution in [3.8, 4) is 0 Å². The van der Waals surface area contributed by atoms with Crippen molar-refractivity contribution in [3.05, 3.63) is 24.3 Å². The van der Waals surface area contributed by atoms with Crippen LogP contribution in [0.15, 0.2) is 29.2 Å². The summed E-state index contributed by atoms with van der Waals surface area (Å²) in [5.74, 6) is 0.294. The predicted octanol–water partition coefficient (Wildman–Crippen LogP) is 1.15. The number of nitrogens with zero attached hydrogens (tertiary/aromatic N) is 1. The third-order valence-electron chi connectivity index (χ3n) is 3.17. The zero-order chi connectivity index (χ0) is 13.9. The maximum absolute atomic E-state index is 11.8. The molecule has 5 nitrogen and oxygen atoms in total. The molecule has 0 aromatic heterocycles. The van der Waals surface area contributed by atoms with Gasteiger partial charge in [-0.2, -0.15) is 0 Å². The van der Waals surface area contributed by atoms with Gasteiger partial charge < -0.3 is 4.90 Å². The van der Waals surface area contributed by atoms with Gasteiger partial charge in [0.2, 0.25) is 10.0 Å². The molecule has 6 heteroatoms. The summed E-state index contributed by atoms with van der Waals surface area (Å²) >= 11 is 0. The molecule has 0 aliphatic carbocycles. The van der Waals surface area contributed by atoms with Gasteiger partial charge in [0.1, 0.15) is 5.78 Å². The van der Waals surface area contributed by atoms with Crippen LogP contribution in [0.2, 0.25) is 0 Å². The molecule has 0 spiro atoms. The van der Waals surface area contributed by atoms with Gasteiger partial charge in [-0.05, 0) is 24.3 Å². The van der Waals surface area contributed by atoms with E-state index in [1.165, 1.54) is 0 Å². The molecular weight excluding hydrogens is 264 g/mol. The summed E-state index contributed by atoms with van der Waals surface area (Å²) in [5, 5.41) is 0. The van der Waals surface area contributed by atoms with Gasteiger partial charge in [0, 0.05) is 38.2 Å². The second-order valence-corrected chi connectivity index (χ2v) is 6.29. The number of carbonyl (C=O) groups excluding carboxylic acids is 1. The Hall–Kier alpha value is -1.40. The summed E-state index contributed by atoms with van der Waals surface area (Å²) in [4.78, 5) is 13.6. The summed E-state index contributed by atoms with van der Waals surface area (Å²) < 4.78 is 26.0. The average Bonchev–Trinajstić information content (AvgIpc) is 2.40. The first-order valence-electron chi connectivity index (χ1n) is 6.39. The first kappa shape index (κ1) is 14.0. The number of Topliss-reactive ketones (excluding diaryl/α,β-unsaturated/α-hetero) is 1. The molecule has 0 unspecified atom stereocenters. The van der Waals surface area contributed by atoms with Crippen LogP contribution in [0.5, 0.6) is 0 Å². The summed E-state index contributed by atoms with van der Waals surface area (Å²) in [5.41, 5.74) is 0.961. The number of hydrogen-bond donors (Lipinski definition) is 1.